The fourth-order valence-corrected chi connectivity index (χ4v) is 6.95. The summed E-state index contributed by atoms with van der Waals surface area (Å²) < 4.78 is 12.3. The Labute approximate surface area is 236 Å². The van der Waals surface area contributed by atoms with Crippen LogP contribution < -0.4 is 4.90 Å². The second-order valence-electron chi connectivity index (χ2n) is 11.2. The third-order valence-corrected chi connectivity index (χ3v) is 9.22. The highest BCUT2D eigenvalue weighted by atomic mass is 35.5. The third kappa shape index (κ3) is 4.76. The number of aromatic nitrogens is 1. The maximum atomic E-state index is 11.0. The summed E-state index contributed by atoms with van der Waals surface area (Å²) in [6, 6.07) is 14.7. The Hall–Kier alpha value is -2.84. The van der Waals surface area contributed by atoms with Crippen LogP contribution in [-0.2, 0) is 22.7 Å². The Morgan fingerprint density at radius 2 is 1.82 bits per heavy atom. The second kappa shape index (κ2) is 9.97. The van der Waals surface area contributed by atoms with E-state index in [2.05, 4.69) is 45.3 Å². The van der Waals surface area contributed by atoms with E-state index in [1.165, 1.54) is 11.3 Å². The number of hydrogen-bond donors (Lipinski definition) is 1. The number of anilines is 1. The van der Waals surface area contributed by atoms with Gasteiger partial charge in [-0.3, -0.25) is 9.69 Å². The van der Waals surface area contributed by atoms with Crippen LogP contribution in [0.3, 0.4) is 0 Å². The number of benzene rings is 2. The molecule has 2 bridgehead atoms. The molecule has 4 aliphatic rings. The van der Waals surface area contributed by atoms with Crippen LogP contribution >= 0.6 is 23.2 Å². The molecular weight excluding hydrogens is 537 g/mol. The topological polar surface area (TPSA) is 79.0 Å². The summed E-state index contributed by atoms with van der Waals surface area (Å²) in [6.07, 6.45) is 5.33. The van der Waals surface area contributed by atoms with Gasteiger partial charge in [-0.15, -0.1) is 0 Å². The lowest BCUT2D eigenvalue weighted by molar-refractivity contribution is -0.147. The zero-order valence-electron chi connectivity index (χ0n) is 21.4. The maximum absolute atomic E-state index is 11.0. The van der Waals surface area contributed by atoms with Crippen molar-refractivity contribution in [1.82, 2.24) is 10.1 Å². The molecule has 1 aromatic heterocycles. The van der Waals surface area contributed by atoms with Crippen molar-refractivity contribution in [2.24, 2.45) is 11.8 Å². The molecule has 202 valence electrons. The summed E-state index contributed by atoms with van der Waals surface area (Å²) in [4.78, 5) is 15.7. The van der Waals surface area contributed by atoms with Gasteiger partial charge in [0.1, 0.15) is 5.69 Å². The fourth-order valence-electron chi connectivity index (χ4n) is 6.38. The monoisotopic (exact) mass is 565 g/mol. The highest BCUT2D eigenvalue weighted by Gasteiger charge is 2.45. The summed E-state index contributed by atoms with van der Waals surface area (Å²) in [7, 11) is 0. The number of carbonyl (C=O) groups is 1. The molecule has 0 spiro atoms. The van der Waals surface area contributed by atoms with Crippen molar-refractivity contribution in [2.75, 3.05) is 24.5 Å². The minimum atomic E-state index is -0.694. The van der Waals surface area contributed by atoms with E-state index in [1.54, 1.807) is 0 Å². The van der Waals surface area contributed by atoms with E-state index in [0.717, 1.165) is 49.2 Å². The van der Waals surface area contributed by atoms with E-state index in [0.29, 0.717) is 53.0 Å². The van der Waals surface area contributed by atoms with Gasteiger partial charge in [-0.05, 0) is 54.7 Å². The standard InChI is InChI=1S/C30H29Cl2N3O4/c31-24-2-1-3-25(32)27(24)28-23(29(39-33-28)18-6-7-18)16-38-26-11-22-10-19(26)15-35(22)21-8-4-17(5-9-21)12-34-13-20(14-34)30(36)37/h1-6,8-9,19-20,22,26H,7,10-16H2,(H,36,37)/t19-,22-,26+/m0/s1. The van der Waals surface area contributed by atoms with E-state index in [4.69, 9.17) is 37.6 Å². The van der Waals surface area contributed by atoms with Crippen molar-refractivity contribution in [1.29, 1.82) is 0 Å². The van der Waals surface area contributed by atoms with Gasteiger partial charge >= 0.3 is 5.97 Å². The Morgan fingerprint density at radius 1 is 1.08 bits per heavy atom. The predicted molar refractivity (Wildman–Crippen MR) is 150 cm³/mol. The smallest absolute Gasteiger partial charge is 0.309 e. The van der Waals surface area contributed by atoms with Crippen LogP contribution in [0, 0.1) is 11.8 Å². The number of carboxylic acids is 1. The highest BCUT2D eigenvalue weighted by Crippen LogP contribution is 2.45. The van der Waals surface area contributed by atoms with Crippen LogP contribution in [0.25, 0.3) is 16.8 Å². The number of piperidine rings is 1. The van der Waals surface area contributed by atoms with Gasteiger partial charge in [0.15, 0.2) is 5.76 Å². The molecule has 39 heavy (non-hydrogen) atoms. The van der Waals surface area contributed by atoms with Crippen molar-refractivity contribution < 1.29 is 19.2 Å². The summed E-state index contributed by atoms with van der Waals surface area (Å²) >= 11 is 13.0. The molecule has 1 saturated carbocycles. The number of halogens is 2. The number of likely N-dealkylation sites (tertiary alicyclic amines) is 1. The molecule has 9 heteroatoms. The quantitative estimate of drug-likeness (QED) is 0.334. The lowest BCUT2D eigenvalue weighted by atomic mass is 9.99. The normalized spacial score (nSPS) is 24.2. The minimum Gasteiger partial charge on any atom is -0.481 e. The summed E-state index contributed by atoms with van der Waals surface area (Å²) in [6.45, 7) is 3.46. The Balaban J connectivity index is 0.990. The van der Waals surface area contributed by atoms with Gasteiger partial charge in [0.05, 0.1) is 34.2 Å². The Kier molecular flexibility index (Phi) is 6.43. The molecule has 1 N–H and O–H groups in total. The predicted octanol–water partition coefficient (Wildman–Crippen LogP) is 6.14. The molecule has 7 rings (SSSR count). The summed E-state index contributed by atoms with van der Waals surface area (Å²) in [5.41, 5.74) is 5.88. The highest BCUT2D eigenvalue weighted by molar-refractivity contribution is 6.39. The lowest BCUT2D eigenvalue weighted by Gasteiger charge is -2.37. The van der Waals surface area contributed by atoms with E-state index in [-0.39, 0.29) is 12.0 Å². The number of aliphatic carboxylic acids is 1. The molecule has 3 atom stereocenters. The zero-order valence-corrected chi connectivity index (χ0v) is 22.9. The molecule has 0 amide bonds. The molecule has 0 unspecified atom stereocenters. The SMILES string of the molecule is O=C(O)C1CN(Cc2ccc(N3C[C@@H]4C[C@H]3C[C@H]4OCc3c(-c4c(Cl)cccc4Cl)noc3C3=CC3)cc2)C1. The van der Waals surface area contributed by atoms with Crippen molar-refractivity contribution in [3.8, 4) is 11.3 Å². The molecule has 3 fully saturated rings. The molecule has 2 aliphatic heterocycles. The van der Waals surface area contributed by atoms with Gasteiger partial charge in [-0.25, -0.2) is 0 Å². The fraction of sp³-hybridized carbons (Fsp3) is 0.400. The van der Waals surface area contributed by atoms with Gasteiger partial charge in [-0.1, -0.05) is 52.6 Å². The molecule has 3 heterocycles. The van der Waals surface area contributed by atoms with Crippen molar-refractivity contribution in [2.45, 2.75) is 44.6 Å². The van der Waals surface area contributed by atoms with Crippen LogP contribution in [-0.4, -0.2) is 52.9 Å². The van der Waals surface area contributed by atoms with Gasteiger partial charge < -0.3 is 19.3 Å². The molecule has 7 nitrogen and oxygen atoms in total. The number of carboxylic acid groups (broad SMARTS) is 1. The molecular formula is C30H29Cl2N3O4. The zero-order chi connectivity index (χ0) is 26.7. The van der Waals surface area contributed by atoms with Crippen LogP contribution in [0.4, 0.5) is 5.69 Å². The van der Waals surface area contributed by atoms with E-state index in [9.17, 15) is 4.79 Å². The average Bonchev–Trinajstić information content (AvgIpc) is 3.34. The lowest BCUT2D eigenvalue weighted by Crippen LogP contribution is -2.49. The molecule has 3 aromatic rings. The first-order chi connectivity index (χ1) is 18.9. The summed E-state index contributed by atoms with van der Waals surface area (Å²) in [5, 5.41) is 14.5. The Morgan fingerprint density at radius 3 is 2.46 bits per heavy atom. The van der Waals surface area contributed by atoms with Crippen LogP contribution in [0.2, 0.25) is 10.0 Å². The van der Waals surface area contributed by atoms with Crippen molar-refractivity contribution in [3.63, 3.8) is 0 Å². The minimum absolute atomic E-state index is 0.185. The van der Waals surface area contributed by atoms with Gasteiger partial charge in [0, 0.05) is 49.4 Å². The van der Waals surface area contributed by atoms with Crippen LogP contribution in [0.1, 0.15) is 36.1 Å². The maximum Gasteiger partial charge on any atom is 0.309 e. The summed E-state index contributed by atoms with van der Waals surface area (Å²) in [5.74, 6) is 0.338. The van der Waals surface area contributed by atoms with Gasteiger partial charge in [0.2, 0.25) is 0 Å². The Bertz CT molecular complexity index is 1430. The second-order valence-corrected chi connectivity index (χ2v) is 12.0. The average molecular weight is 566 g/mol. The van der Waals surface area contributed by atoms with Crippen molar-refractivity contribution >= 4 is 40.4 Å². The number of allylic oxidation sites excluding steroid dienone is 2. The third-order valence-electron chi connectivity index (χ3n) is 8.59. The van der Waals surface area contributed by atoms with Gasteiger partial charge in [-0.2, -0.15) is 0 Å². The number of fused-ring (bicyclic) bond motifs is 2. The van der Waals surface area contributed by atoms with E-state index in [1.807, 2.05) is 18.2 Å². The van der Waals surface area contributed by atoms with Crippen molar-refractivity contribution in [3.05, 3.63) is 75.5 Å². The first kappa shape index (κ1) is 25.1. The van der Waals surface area contributed by atoms with Crippen LogP contribution in [0.15, 0.2) is 53.1 Å². The number of nitrogens with zero attached hydrogens (tertiary/aromatic N) is 3. The molecule has 2 aliphatic carbocycles. The van der Waals surface area contributed by atoms with Crippen LogP contribution in [0.5, 0.6) is 0 Å². The molecule has 2 saturated heterocycles. The molecule has 0 radical (unpaired) electrons. The van der Waals surface area contributed by atoms with E-state index < -0.39 is 5.97 Å². The number of ether oxygens (including phenoxy) is 1. The van der Waals surface area contributed by atoms with E-state index >= 15 is 0 Å². The first-order valence-corrected chi connectivity index (χ1v) is 14.2. The number of hydrogen-bond acceptors (Lipinski definition) is 6. The van der Waals surface area contributed by atoms with Gasteiger partial charge in [0.25, 0.3) is 0 Å². The molecule has 2 aromatic carbocycles. The first-order valence-electron chi connectivity index (χ1n) is 13.5. The largest absolute Gasteiger partial charge is 0.481 e. The number of rotatable bonds is 9.